The third-order valence-electron chi connectivity index (χ3n) is 4.14. The van der Waals surface area contributed by atoms with Crippen molar-refractivity contribution in [2.45, 2.75) is 27.2 Å². The fourth-order valence-electron chi connectivity index (χ4n) is 2.44. The van der Waals surface area contributed by atoms with Crippen LogP contribution in [0.2, 0.25) is 0 Å². The molecule has 0 spiro atoms. The van der Waals surface area contributed by atoms with Crippen molar-refractivity contribution in [2.75, 3.05) is 0 Å². The number of nitrogens with one attached hydrogen (secondary N) is 1. The molecule has 1 heteroatoms. The van der Waals surface area contributed by atoms with Crippen LogP contribution in [0.1, 0.15) is 43.9 Å². The number of hydrogen-bond acceptors (Lipinski definition) is 1. The third kappa shape index (κ3) is 4.92. The maximum absolute atomic E-state index is 8.25. The van der Waals surface area contributed by atoms with E-state index in [9.17, 15) is 0 Å². The first kappa shape index (κ1) is 17.7. The lowest BCUT2D eigenvalue weighted by Gasteiger charge is -2.04. The molecule has 0 atom stereocenters. The topological polar surface area (TPSA) is 23.9 Å². The predicted octanol–water partition coefficient (Wildman–Crippen LogP) is 6.53. The second-order valence-corrected chi connectivity index (χ2v) is 5.86. The second-order valence-electron chi connectivity index (χ2n) is 5.86. The van der Waals surface area contributed by atoms with Gasteiger partial charge in [-0.3, -0.25) is 0 Å². The van der Waals surface area contributed by atoms with E-state index in [2.05, 4.69) is 62.4 Å². The van der Waals surface area contributed by atoms with E-state index in [1.54, 1.807) is 0 Å². The van der Waals surface area contributed by atoms with E-state index >= 15 is 0 Å². The molecule has 0 saturated heterocycles. The maximum atomic E-state index is 8.25. The van der Waals surface area contributed by atoms with E-state index in [1.807, 2.05) is 37.3 Å². The monoisotopic (exact) mass is 315 g/mol. The van der Waals surface area contributed by atoms with Gasteiger partial charge in [0.25, 0.3) is 0 Å². The van der Waals surface area contributed by atoms with Gasteiger partial charge in [0.05, 0.1) is 5.71 Å². The minimum absolute atomic E-state index is 0.548. The van der Waals surface area contributed by atoms with Crippen molar-refractivity contribution in [3.8, 4) is 0 Å². The van der Waals surface area contributed by atoms with Crippen molar-refractivity contribution >= 4 is 16.9 Å². The Hall–Kier alpha value is -2.67. The molecular formula is C23H25N. The smallest absolute Gasteiger partial charge is 0.0609 e. The van der Waals surface area contributed by atoms with Crippen molar-refractivity contribution in [3.63, 3.8) is 0 Å². The van der Waals surface area contributed by atoms with Gasteiger partial charge >= 0.3 is 0 Å². The largest absolute Gasteiger partial charge is 0.300 e. The molecular weight excluding hydrogens is 290 g/mol. The summed E-state index contributed by atoms with van der Waals surface area (Å²) in [4.78, 5) is 0. The normalized spacial score (nSPS) is 12.6. The molecule has 0 radical (unpaired) electrons. The van der Waals surface area contributed by atoms with E-state index < -0.39 is 0 Å². The fraction of sp³-hybridized carbons (Fsp3) is 0.174. The van der Waals surface area contributed by atoms with Crippen LogP contribution < -0.4 is 0 Å². The Balaban J connectivity index is 2.01. The summed E-state index contributed by atoms with van der Waals surface area (Å²) in [6, 6.07) is 18.5. The molecule has 1 nitrogen and oxygen atoms in total. The van der Waals surface area contributed by atoms with Crippen molar-refractivity contribution in [2.24, 2.45) is 0 Å². The minimum atomic E-state index is 0.548. The zero-order valence-electron chi connectivity index (χ0n) is 14.7. The molecule has 0 bridgehead atoms. The fourth-order valence-corrected chi connectivity index (χ4v) is 2.44. The molecule has 0 fully saturated rings. The van der Waals surface area contributed by atoms with Crippen LogP contribution in [0.5, 0.6) is 0 Å². The lowest BCUT2D eigenvalue weighted by molar-refractivity contribution is 1.37. The lowest BCUT2D eigenvalue weighted by atomic mass is 10.0. The van der Waals surface area contributed by atoms with E-state index in [0.29, 0.717) is 5.71 Å². The van der Waals surface area contributed by atoms with Crippen molar-refractivity contribution in [1.29, 1.82) is 5.41 Å². The Morgan fingerprint density at radius 1 is 0.875 bits per heavy atom. The molecule has 0 saturated carbocycles. The highest BCUT2D eigenvalue weighted by molar-refractivity contribution is 6.06. The highest BCUT2D eigenvalue weighted by Gasteiger charge is 2.00. The molecule has 2 aromatic rings. The van der Waals surface area contributed by atoms with Crippen LogP contribution in [0.25, 0.3) is 11.1 Å². The summed E-state index contributed by atoms with van der Waals surface area (Å²) in [6.45, 7) is 6.25. The van der Waals surface area contributed by atoms with Crippen LogP contribution in [0.4, 0.5) is 0 Å². The Kier molecular flexibility index (Phi) is 6.51. The molecule has 0 amide bonds. The highest BCUT2D eigenvalue weighted by Crippen LogP contribution is 2.16. The van der Waals surface area contributed by atoms with Crippen molar-refractivity contribution in [3.05, 3.63) is 95.6 Å². The summed E-state index contributed by atoms with van der Waals surface area (Å²) in [6.07, 6.45) is 9.05. The van der Waals surface area contributed by atoms with Gasteiger partial charge in [0, 0.05) is 0 Å². The van der Waals surface area contributed by atoms with Gasteiger partial charge in [-0.2, -0.15) is 0 Å². The molecule has 0 aromatic heterocycles. The van der Waals surface area contributed by atoms with Crippen LogP contribution in [0.3, 0.4) is 0 Å². The second kappa shape index (κ2) is 8.83. The van der Waals surface area contributed by atoms with Crippen LogP contribution in [0.15, 0.2) is 78.9 Å². The van der Waals surface area contributed by atoms with Crippen molar-refractivity contribution in [1.82, 2.24) is 0 Å². The first-order chi connectivity index (χ1) is 11.6. The maximum Gasteiger partial charge on any atom is 0.0609 e. The molecule has 0 aliphatic heterocycles. The Labute approximate surface area is 145 Å². The van der Waals surface area contributed by atoms with Crippen LogP contribution in [0, 0.1) is 5.41 Å². The van der Waals surface area contributed by atoms with Gasteiger partial charge in [-0.05, 0) is 67.2 Å². The average Bonchev–Trinajstić information content (AvgIpc) is 2.65. The van der Waals surface area contributed by atoms with Gasteiger partial charge < -0.3 is 5.41 Å². The zero-order chi connectivity index (χ0) is 17.4. The standard InChI is InChI=1S/C23H25N/c1-4-18(2)21-14-10-15-22(17-21)23(24)16-9-8-11-19(3)20-12-6-5-7-13-20/h4-7,9-17,24H,8H2,1-3H3/b16-9+,18-4+,19-11+,24-23?. The van der Waals surface area contributed by atoms with E-state index in [1.165, 1.54) is 22.3 Å². The number of benzene rings is 2. The molecule has 0 aliphatic rings. The van der Waals surface area contributed by atoms with Gasteiger partial charge in [0.15, 0.2) is 0 Å². The molecule has 24 heavy (non-hydrogen) atoms. The third-order valence-corrected chi connectivity index (χ3v) is 4.14. The van der Waals surface area contributed by atoms with Crippen molar-refractivity contribution < 1.29 is 0 Å². The average molecular weight is 315 g/mol. The summed E-state index contributed by atoms with van der Waals surface area (Å²) in [5, 5.41) is 8.25. The van der Waals surface area contributed by atoms with Gasteiger partial charge in [-0.15, -0.1) is 0 Å². The molecule has 122 valence electrons. The minimum Gasteiger partial charge on any atom is -0.300 e. The first-order valence-corrected chi connectivity index (χ1v) is 8.33. The molecule has 0 aliphatic carbocycles. The molecule has 1 N–H and O–H groups in total. The highest BCUT2D eigenvalue weighted by atomic mass is 14.4. The van der Waals surface area contributed by atoms with E-state index in [0.717, 1.165) is 12.0 Å². The van der Waals surface area contributed by atoms with Crippen LogP contribution >= 0.6 is 0 Å². The summed E-state index contributed by atoms with van der Waals surface area (Å²) in [7, 11) is 0. The number of allylic oxidation sites excluding steroid dienone is 6. The molecule has 0 unspecified atom stereocenters. The number of rotatable bonds is 6. The SMILES string of the molecule is C/C=C(\C)c1cccc(C(=N)/C=C/C/C=C(\C)c2ccccc2)c1. The van der Waals surface area contributed by atoms with Gasteiger partial charge in [0.2, 0.25) is 0 Å². The van der Waals surface area contributed by atoms with Crippen LogP contribution in [-0.4, -0.2) is 5.71 Å². The summed E-state index contributed by atoms with van der Waals surface area (Å²) >= 11 is 0. The molecule has 2 aromatic carbocycles. The Bertz CT molecular complexity index is 777. The van der Waals surface area contributed by atoms with Gasteiger partial charge in [-0.1, -0.05) is 66.8 Å². The van der Waals surface area contributed by atoms with E-state index in [4.69, 9.17) is 5.41 Å². The summed E-state index contributed by atoms with van der Waals surface area (Å²) in [5.74, 6) is 0. The first-order valence-electron chi connectivity index (χ1n) is 8.33. The van der Waals surface area contributed by atoms with Gasteiger partial charge in [0.1, 0.15) is 0 Å². The Morgan fingerprint density at radius 2 is 1.54 bits per heavy atom. The van der Waals surface area contributed by atoms with Gasteiger partial charge in [-0.25, -0.2) is 0 Å². The predicted molar refractivity (Wildman–Crippen MR) is 106 cm³/mol. The summed E-state index contributed by atoms with van der Waals surface area (Å²) in [5.41, 5.74) is 6.41. The molecule has 2 rings (SSSR count). The van der Waals surface area contributed by atoms with Crippen LogP contribution in [-0.2, 0) is 0 Å². The Morgan fingerprint density at radius 3 is 2.25 bits per heavy atom. The molecule has 0 heterocycles. The quantitative estimate of drug-likeness (QED) is 0.586. The number of hydrogen-bond donors (Lipinski definition) is 1. The lowest BCUT2D eigenvalue weighted by Crippen LogP contribution is -1.95. The van der Waals surface area contributed by atoms with E-state index in [-0.39, 0.29) is 0 Å². The summed E-state index contributed by atoms with van der Waals surface area (Å²) < 4.78 is 0. The zero-order valence-corrected chi connectivity index (χ0v) is 14.7.